The molecule has 27 heavy (non-hydrogen) atoms. The number of allylic oxidation sites excluding steroid dienone is 1. The molecule has 0 fully saturated rings. The summed E-state index contributed by atoms with van der Waals surface area (Å²) in [6.45, 7) is 8.22. The Morgan fingerprint density at radius 3 is 2.59 bits per heavy atom. The Morgan fingerprint density at radius 1 is 1.33 bits per heavy atom. The van der Waals surface area contributed by atoms with E-state index in [4.69, 9.17) is 16.3 Å². The van der Waals surface area contributed by atoms with Gasteiger partial charge in [0.1, 0.15) is 5.60 Å². The van der Waals surface area contributed by atoms with Gasteiger partial charge in [0.15, 0.2) is 0 Å². The molecule has 2 aromatic rings. The third kappa shape index (κ3) is 8.63. The Balaban J connectivity index is 0.000000646. The Morgan fingerprint density at radius 2 is 2.04 bits per heavy atom. The zero-order valence-corrected chi connectivity index (χ0v) is 18.3. The van der Waals surface area contributed by atoms with E-state index in [0.717, 1.165) is 33.8 Å². The molecular formula is C20H25BrClNO4. The van der Waals surface area contributed by atoms with Crippen LogP contribution in [0.5, 0.6) is 0 Å². The topological polar surface area (TPSA) is 68.4 Å². The molecule has 0 saturated heterocycles. The monoisotopic (exact) mass is 457 g/mol. The average molecular weight is 459 g/mol. The van der Waals surface area contributed by atoms with Crippen molar-refractivity contribution in [3.63, 3.8) is 0 Å². The number of nitrogens with one attached hydrogen (secondary N) is 1. The summed E-state index contributed by atoms with van der Waals surface area (Å²) in [4.78, 5) is 24.0. The fourth-order valence-corrected chi connectivity index (χ4v) is 3.12. The number of ether oxygens (including phenoxy) is 2. The van der Waals surface area contributed by atoms with Crippen molar-refractivity contribution in [3.8, 4) is 0 Å². The fourth-order valence-electron chi connectivity index (χ4n) is 2.29. The van der Waals surface area contributed by atoms with Crippen LogP contribution in [-0.2, 0) is 25.5 Å². The lowest BCUT2D eigenvalue weighted by Gasteiger charge is -2.17. The smallest absolute Gasteiger partial charge is 0.330 e. The van der Waals surface area contributed by atoms with Crippen LogP contribution in [0.25, 0.3) is 10.9 Å². The number of carbonyl (C=O) groups is 2. The van der Waals surface area contributed by atoms with Gasteiger partial charge < -0.3 is 14.5 Å². The van der Waals surface area contributed by atoms with Gasteiger partial charge in [-0.05, 0) is 74.2 Å². The molecule has 1 heterocycles. The molecule has 2 rings (SSSR count). The van der Waals surface area contributed by atoms with E-state index >= 15 is 0 Å². The highest BCUT2D eigenvalue weighted by molar-refractivity contribution is 9.10. The first-order valence-corrected chi connectivity index (χ1v) is 9.74. The minimum Gasteiger partial charge on any atom is -0.468 e. The first-order valence-electron chi connectivity index (χ1n) is 8.57. The number of carbonyl (C=O) groups excluding carboxylic acids is 2. The SMILES string of the molecule is CC(C)(C)OC(=O)C=CCCc1cc(Cl)cc2[nH]cc(Br)c12.CCOC=O. The van der Waals surface area contributed by atoms with Gasteiger partial charge in [-0.1, -0.05) is 17.7 Å². The minimum atomic E-state index is -0.462. The molecule has 0 atom stereocenters. The van der Waals surface area contributed by atoms with Crippen LogP contribution in [0.3, 0.4) is 0 Å². The number of esters is 1. The highest BCUT2D eigenvalue weighted by atomic mass is 79.9. The van der Waals surface area contributed by atoms with E-state index in [1.165, 1.54) is 6.08 Å². The molecule has 0 aliphatic carbocycles. The van der Waals surface area contributed by atoms with Crippen LogP contribution >= 0.6 is 27.5 Å². The number of halogens is 2. The summed E-state index contributed by atoms with van der Waals surface area (Å²) in [6.07, 6.45) is 6.76. The highest BCUT2D eigenvalue weighted by Gasteiger charge is 2.13. The summed E-state index contributed by atoms with van der Waals surface area (Å²) >= 11 is 9.68. The summed E-state index contributed by atoms with van der Waals surface area (Å²) in [7, 11) is 0. The number of benzene rings is 1. The van der Waals surface area contributed by atoms with E-state index < -0.39 is 5.60 Å². The number of H-pyrrole nitrogens is 1. The molecule has 0 bridgehead atoms. The molecule has 0 saturated carbocycles. The maximum absolute atomic E-state index is 11.6. The summed E-state index contributed by atoms with van der Waals surface area (Å²) in [6, 6.07) is 3.87. The first-order chi connectivity index (χ1) is 12.7. The van der Waals surface area contributed by atoms with E-state index in [9.17, 15) is 9.59 Å². The van der Waals surface area contributed by atoms with Crippen molar-refractivity contribution in [1.29, 1.82) is 0 Å². The van der Waals surface area contributed by atoms with Crippen LogP contribution in [0.1, 0.15) is 39.7 Å². The van der Waals surface area contributed by atoms with Gasteiger partial charge in [0.2, 0.25) is 0 Å². The van der Waals surface area contributed by atoms with Crippen LogP contribution in [0, 0.1) is 0 Å². The average Bonchev–Trinajstić information content (AvgIpc) is 2.92. The predicted molar refractivity (Wildman–Crippen MR) is 112 cm³/mol. The maximum Gasteiger partial charge on any atom is 0.330 e. The predicted octanol–water partition coefficient (Wildman–Crippen LogP) is 5.59. The van der Waals surface area contributed by atoms with Gasteiger partial charge in [-0.15, -0.1) is 0 Å². The van der Waals surface area contributed by atoms with Gasteiger partial charge in [0.25, 0.3) is 6.47 Å². The quantitative estimate of drug-likeness (QED) is 0.348. The number of fused-ring (bicyclic) bond motifs is 1. The van der Waals surface area contributed by atoms with Gasteiger partial charge in [-0.25, -0.2) is 4.79 Å². The van der Waals surface area contributed by atoms with Crippen molar-refractivity contribution in [3.05, 3.63) is 45.5 Å². The van der Waals surface area contributed by atoms with Gasteiger partial charge in [-0.2, -0.15) is 0 Å². The van der Waals surface area contributed by atoms with E-state index in [-0.39, 0.29) is 5.97 Å². The molecule has 1 aromatic heterocycles. The first kappa shape index (κ1) is 23.2. The summed E-state index contributed by atoms with van der Waals surface area (Å²) in [5.74, 6) is -0.313. The molecule has 0 radical (unpaired) electrons. The third-order valence-corrected chi connectivity index (χ3v) is 4.10. The van der Waals surface area contributed by atoms with Crippen molar-refractivity contribution in [2.75, 3.05) is 6.61 Å². The van der Waals surface area contributed by atoms with Crippen molar-refractivity contribution in [2.24, 2.45) is 0 Å². The number of hydrogen-bond acceptors (Lipinski definition) is 4. The lowest BCUT2D eigenvalue weighted by Crippen LogP contribution is -2.22. The second kappa shape index (κ2) is 11.1. The van der Waals surface area contributed by atoms with Crippen molar-refractivity contribution < 1.29 is 19.1 Å². The van der Waals surface area contributed by atoms with Crippen molar-refractivity contribution in [1.82, 2.24) is 4.98 Å². The van der Waals surface area contributed by atoms with Crippen LogP contribution in [-0.4, -0.2) is 29.6 Å². The number of hydrogen-bond donors (Lipinski definition) is 1. The normalized spacial score (nSPS) is 11.2. The molecular weight excluding hydrogens is 434 g/mol. The Bertz CT molecular complexity index is 793. The Kier molecular flexibility index (Phi) is 9.60. The minimum absolute atomic E-state index is 0.313. The Labute approximate surface area is 173 Å². The molecule has 0 unspecified atom stereocenters. The fraction of sp³-hybridized carbons (Fsp3) is 0.400. The number of aromatic nitrogens is 1. The van der Waals surface area contributed by atoms with Crippen LogP contribution in [0.15, 0.2) is 35.0 Å². The molecule has 7 heteroatoms. The molecule has 1 N–H and O–H groups in total. The van der Waals surface area contributed by atoms with E-state index in [1.54, 1.807) is 6.92 Å². The maximum atomic E-state index is 11.6. The molecule has 148 valence electrons. The standard InChI is InChI=1S/C17H19BrClNO2.C3H6O2/c1-17(2,3)22-15(21)7-5-4-6-11-8-12(19)9-14-16(11)13(18)10-20-14;1-2-5-3-4/h5,7-10,20H,4,6H2,1-3H3;3H,2H2,1H3. The summed E-state index contributed by atoms with van der Waals surface area (Å²) in [5.41, 5.74) is 1.69. The van der Waals surface area contributed by atoms with Gasteiger partial charge in [0.05, 0.1) is 6.61 Å². The van der Waals surface area contributed by atoms with E-state index in [1.807, 2.05) is 45.2 Å². The van der Waals surface area contributed by atoms with Crippen LogP contribution in [0.4, 0.5) is 0 Å². The van der Waals surface area contributed by atoms with Gasteiger partial charge in [0, 0.05) is 32.7 Å². The van der Waals surface area contributed by atoms with E-state index in [2.05, 4.69) is 25.7 Å². The summed E-state index contributed by atoms with van der Waals surface area (Å²) < 4.78 is 10.4. The number of aryl methyl sites for hydroxylation is 1. The van der Waals surface area contributed by atoms with Crippen molar-refractivity contribution >= 4 is 50.9 Å². The van der Waals surface area contributed by atoms with Crippen LogP contribution < -0.4 is 0 Å². The molecule has 0 aliphatic heterocycles. The zero-order chi connectivity index (χ0) is 20.4. The molecule has 1 aromatic carbocycles. The lowest BCUT2D eigenvalue weighted by atomic mass is 10.1. The number of aromatic amines is 1. The molecule has 0 amide bonds. The van der Waals surface area contributed by atoms with Gasteiger partial charge in [-0.3, -0.25) is 4.79 Å². The zero-order valence-electron chi connectivity index (χ0n) is 16.0. The van der Waals surface area contributed by atoms with Crippen molar-refractivity contribution in [2.45, 2.75) is 46.1 Å². The van der Waals surface area contributed by atoms with Gasteiger partial charge >= 0.3 is 5.97 Å². The number of rotatable bonds is 6. The third-order valence-electron chi connectivity index (χ3n) is 3.25. The second-order valence-electron chi connectivity index (χ2n) is 6.65. The Hall–Kier alpha value is -1.79. The molecule has 0 spiro atoms. The van der Waals surface area contributed by atoms with Crippen LogP contribution in [0.2, 0.25) is 5.02 Å². The molecule has 5 nitrogen and oxygen atoms in total. The molecule has 0 aliphatic rings. The largest absolute Gasteiger partial charge is 0.468 e. The second-order valence-corrected chi connectivity index (χ2v) is 7.94. The van der Waals surface area contributed by atoms with E-state index in [0.29, 0.717) is 18.1 Å². The lowest BCUT2D eigenvalue weighted by molar-refractivity contribution is -0.148. The highest BCUT2D eigenvalue weighted by Crippen LogP contribution is 2.30. The summed E-state index contributed by atoms with van der Waals surface area (Å²) in [5, 5.41) is 1.84.